The van der Waals surface area contributed by atoms with E-state index in [9.17, 15) is 14.4 Å². The molecule has 7 nitrogen and oxygen atoms in total. The van der Waals surface area contributed by atoms with Gasteiger partial charge in [0.1, 0.15) is 0 Å². The van der Waals surface area contributed by atoms with Crippen molar-refractivity contribution in [3.05, 3.63) is 59.1 Å². The van der Waals surface area contributed by atoms with Gasteiger partial charge in [-0.2, -0.15) is 0 Å². The summed E-state index contributed by atoms with van der Waals surface area (Å²) in [4.78, 5) is 36.7. The van der Waals surface area contributed by atoms with Crippen molar-refractivity contribution in [1.82, 2.24) is 4.57 Å². The van der Waals surface area contributed by atoms with Gasteiger partial charge < -0.3 is 14.5 Å². The highest BCUT2D eigenvalue weighted by Gasteiger charge is 2.13. The van der Waals surface area contributed by atoms with Gasteiger partial charge >= 0.3 is 11.7 Å². The summed E-state index contributed by atoms with van der Waals surface area (Å²) in [5, 5.41) is 2.71. The Labute approximate surface area is 159 Å². The van der Waals surface area contributed by atoms with Crippen LogP contribution in [0.25, 0.3) is 11.1 Å². The van der Waals surface area contributed by atoms with Gasteiger partial charge in [0.15, 0.2) is 12.2 Å². The summed E-state index contributed by atoms with van der Waals surface area (Å²) in [5.74, 6) is -1.52. The van der Waals surface area contributed by atoms with E-state index in [1.807, 2.05) is 24.5 Å². The van der Waals surface area contributed by atoms with Gasteiger partial charge in [-0.1, -0.05) is 24.3 Å². The van der Waals surface area contributed by atoms with Crippen molar-refractivity contribution < 1.29 is 18.7 Å². The summed E-state index contributed by atoms with van der Waals surface area (Å²) < 4.78 is 11.5. The first-order valence-electron chi connectivity index (χ1n) is 8.25. The number of para-hydroxylation sites is 3. The lowest BCUT2D eigenvalue weighted by Crippen LogP contribution is -2.22. The Kier molecular flexibility index (Phi) is 5.97. The summed E-state index contributed by atoms with van der Waals surface area (Å²) in [7, 11) is 0. The van der Waals surface area contributed by atoms with Crippen molar-refractivity contribution >= 4 is 40.4 Å². The predicted molar refractivity (Wildman–Crippen MR) is 103 cm³/mol. The van der Waals surface area contributed by atoms with Crippen LogP contribution in [0, 0.1) is 0 Å². The quantitative estimate of drug-likeness (QED) is 0.496. The number of carbonyl (C=O) groups excluding carboxylic acids is 2. The van der Waals surface area contributed by atoms with Crippen LogP contribution in [0.15, 0.2) is 62.6 Å². The summed E-state index contributed by atoms with van der Waals surface area (Å²) in [6, 6.07) is 14.3. The van der Waals surface area contributed by atoms with E-state index < -0.39 is 17.6 Å². The number of rotatable bonds is 7. The molecule has 0 atom stereocenters. The Morgan fingerprint density at radius 3 is 2.70 bits per heavy atom. The third-order valence-electron chi connectivity index (χ3n) is 3.86. The number of fused-ring (bicyclic) bond motifs is 1. The number of aromatic nitrogens is 1. The van der Waals surface area contributed by atoms with E-state index in [0.717, 1.165) is 4.90 Å². The number of amides is 1. The number of thioether (sulfide) groups is 1. The molecular weight excluding hydrogens is 368 g/mol. The standard InChI is InChI=1S/C19H18N2O5S/c1-27-16-9-5-2-6-13(16)20-17(22)12-25-18(23)10-11-21-14-7-3-4-8-15(14)26-19(21)24/h2-9H,10-12H2,1H3,(H,20,22). The SMILES string of the molecule is CSc1ccccc1NC(=O)COC(=O)CCn1c(=O)oc2ccccc21. The number of aryl methyl sites for hydroxylation is 1. The molecule has 8 heteroatoms. The highest BCUT2D eigenvalue weighted by molar-refractivity contribution is 7.98. The van der Waals surface area contributed by atoms with Gasteiger partial charge in [-0.25, -0.2) is 4.79 Å². The summed E-state index contributed by atoms with van der Waals surface area (Å²) in [6.07, 6.45) is 1.87. The van der Waals surface area contributed by atoms with Crippen LogP contribution in [-0.2, 0) is 20.9 Å². The first kappa shape index (κ1) is 18.8. The minimum atomic E-state index is -0.569. The lowest BCUT2D eigenvalue weighted by molar-refractivity contribution is -0.147. The second-order valence-electron chi connectivity index (χ2n) is 5.65. The fraction of sp³-hybridized carbons (Fsp3) is 0.211. The maximum absolute atomic E-state index is 12.0. The first-order valence-corrected chi connectivity index (χ1v) is 9.48. The Balaban J connectivity index is 1.51. The van der Waals surface area contributed by atoms with Crippen molar-refractivity contribution in [3.8, 4) is 0 Å². The molecule has 0 aliphatic heterocycles. The molecule has 140 valence electrons. The van der Waals surface area contributed by atoms with Crippen LogP contribution in [0.2, 0.25) is 0 Å². The minimum Gasteiger partial charge on any atom is -0.456 e. The monoisotopic (exact) mass is 386 g/mol. The minimum absolute atomic E-state index is 0.0435. The molecule has 0 radical (unpaired) electrons. The van der Waals surface area contributed by atoms with E-state index in [1.54, 1.807) is 30.3 Å². The van der Waals surface area contributed by atoms with E-state index >= 15 is 0 Å². The fourth-order valence-electron chi connectivity index (χ4n) is 2.58. The van der Waals surface area contributed by atoms with E-state index in [-0.39, 0.29) is 19.6 Å². The van der Waals surface area contributed by atoms with Crippen molar-refractivity contribution in [2.24, 2.45) is 0 Å². The molecule has 0 aliphatic carbocycles. The number of anilines is 1. The van der Waals surface area contributed by atoms with Crippen LogP contribution >= 0.6 is 11.8 Å². The average molecular weight is 386 g/mol. The Bertz CT molecular complexity index is 1020. The molecule has 1 aromatic heterocycles. The van der Waals surface area contributed by atoms with E-state index in [1.165, 1.54) is 16.3 Å². The topological polar surface area (TPSA) is 90.5 Å². The van der Waals surface area contributed by atoms with Gasteiger partial charge in [-0.15, -0.1) is 11.8 Å². The summed E-state index contributed by atoms with van der Waals surface area (Å²) >= 11 is 1.51. The zero-order chi connectivity index (χ0) is 19.2. The number of ether oxygens (including phenoxy) is 1. The molecule has 0 bridgehead atoms. The zero-order valence-corrected chi connectivity index (χ0v) is 15.5. The Morgan fingerprint density at radius 1 is 1.15 bits per heavy atom. The van der Waals surface area contributed by atoms with Crippen molar-refractivity contribution in [2.45, 2.75) is 17.9 Å². The lowest BCUT2D eigenvalue weighted by Gasteiger charge is -2.09. The van der Waals surface area contributed by atoms with Gasteiger partial charge in [0.05, 0.1) is 17.6 Å². The smallest absolute Gasteiger partial charge is 0.419 e. The third kappa shape index (κ3) is 4.59. The molecular formula is C19H18N2O5S. The van der Waals surface area contributed by atoms with Gasteiger partial charge in [0, 0.05) is 11.4 Å². The summed E-state index contributed by atoms with van der Waals surface area (Å²) in [5.41, 5.74) is 1.74. The fourth-order valence-corrected chi connectivity index (χ4v) is 3.13. The molecule has 0 unspecified atom stereocenters. The van der Waals surface area contributed by atoms with Crippen LogP contribution < -0.4 is 11.1 Å². The van der Waals surface area contributed by atoms with Crippen LogP contribution in [0.5, 0.6) is 0 Å². The van der Waals surface area contributed by atoms with Crippen LogP contribution in [-0.4, -0.2) is 29.3 Å². The van der Waals surface area contributed by atoms with Gasteiger partial charge in [0.25, 0.3) is 5.91 Å². The highest BCUT2D eigenvalue weighted by Crippen LogP contribution is 2.24. The summed E-state index contributed by atoms with van der Waals surface area (Å²) in [6.45, 7) is -0.270. The second kappa shape index (κ2) is 8.59. The third-order valence-corrected chi connectivity index (χ3v) is 4.65. The average Bonchev–Trinajstić information content (AvgIpc) is 3.00. The van der Waals surface area contributed by atoms with E-state index in [4.69, 9.17) is 9.15 Å². The molecule has 3 aromatic rings. The van der Waals surface area contributed by atoms with E-state index in [2.05, 4.69) is 5.32 Å². The number of hydrogen-bond donors (Lipinski definition) is 1. The van der Waals surface area contributed by atoms with Crippen LogP contribution in [0.4, 0.5) is 5.69 Å². The van der Waals surface area contributed by atoms with Gasteiger partial charge in [0.2, 0.25) is 0 Å². The first-order chi connectivity index (χ1) is 13.1. The molecule has 0 saturated carbocycles. The number of nitrogens with one attached hydrogen (secondary N) is 1. The Hall–Kier alpha value is -3.00. The molecule has 0 spiro atoms. The van der Waals surface area contributed by atoms with Crippen molar-refractivity contribution in [1.29, 1.82) is 0 Å². The largest absolute Gasteiger partial charge is 0.456 e. The van der Waals surface area contributed by atoms with Gasteiger partial charge in [-0.3, -0.25) is 14.2 Å². The maximum Gasteiger partial charge on any atom is 0.419 e. The maximum atomic E-state index is 12.0. The molecule has 1 N–H and O–H groups in total. The number of benzene rings is 2. The van der Waals surface area contributed by atoms with Gasteiger partial charge in [-0.05, 0) is 30.5 Å². The van der Waals surface area contributed by atoms with Crippen LogP contribution in [0.3, 0.4) is 0 Å². The number of oxazole rings is 1. The predicted octanol–water partition coefficient (Wildman–Crippen LogP) is 2.89. The molecule has 0 saturated heterocycles. The number of hydrogen-bond acceptors (Lipinski definition) is 6. The number of esters is 1. The molecule has 27 heavy (non-hydrogen) atoms. The zero-order valence-electron chi connectivity index (χ0n) is 14.6. The molecule has 0 fully saturated rings. The number of carbonyl (C=O) groups is 2. The number of nitrogens with zero attached hydrogens (tertiary/aromatic N) is 1. The molecule has 2 aromatic carbocycles. The van der Waals surface area contributed by atoms with E-state index in [0.29, 0.717) is 16.8 Å². The molecule has 1 heterocycles. The Morgan fingerprint density at radius 2 is 1.89 bits per heavy atom. The van der Waals surface area contributed by atoms with Crippen LogP contribution in [0.1, 0.15) is 6.42 Å². The molecule has 3 rings (SSSR count). The highest BCUT2D eigenvalue weighted by atomic mass is 32.2. The van der Waals surface area contributed by atoms with Crippen molar-refractivity contribution in [3.63, 3.8) is 0 Å². The second-order valence-corrected chi connectivity index (χ2v) is 6.49. The lowest BCUT2D eigenvalue weighted by atomic mass is 10.3. The molecule has 0 aliphatic rings. The van der Waals surface area contributed by atoms with Crippen molar-refractivity contribution in [2.75, 3.05) is 18.2 Å². The molecule has 1 amide bonds. The normalized spacial score (nSPS) is 10.7.